The normalized spacial score (nSPS) is 14.3. The SMILES string of the molecule is O=C(Cc1ccc(-c2cnc(Nc3ccncc3)nc2)cc1F)Nc1cc(C2(C(F)(F)F)CC2)on1. The van der Waals surface area contributed by atoms with Gasteiger partial charge in [-0.1, -0.05) is 17.3 Å². The molecule has 1 amide bonds. The first-order chi connectivity index (χ1) is 17.2. The van der Waals surface area contributed by atoms with Gasteiger partial charge in [-0.05, 0) is 42.2 Å². The lowest BCUT2D eigenvalue weighted by molar-refractivity contribution is -0.165. The standard InChI is InChI=1S/C24H18F4N6O2/c25-18-9-14(16-12-30-22(31-13-16)32-17-3-7-29-8-4-17)1-2-15(18)10-21(35)33-20-11-19(36-34-20)23(5-6-23)24(26,27)28/h1-4,7-9,11-13H,5-6,10H2,(H,33,34,35)(H,29,30,31,32). The Morgan fingerprint density at radius 2 is 1.75 bits per heavy atom. The third kappa shape index (κ3) is 4.74. The van der Waals surface area contributed by atoms with Crippen molar-refractivity contribution in [3.8, 4) is 11.1 Å². The fourth-order valence-corrected chi connectivity index (χ4v) is 3.69. The molecule has 0 unspecified atom stereocenters. The van der Waals surface area contributed by atoms with Crippen LogP contribution in [0.15, 0.2) is 65.7 Å². The second-order valence-corrected chi connectivity index (χ2v) is 8.34. The van der Waals surface area contributed by atoms with E-state index in [1.165, 1.54) is 24.5 Å². The molecule has 184 valence electrons. The van der Waals surface area contributed by atoms with Gasteiger partial charge in [0.2, 0.25) is 11.9 Å². The van der Waals surface area contributed by atoms with E-state index >= 15 is 0 Å². The number of hydrogen-bond donors (Lipinski definition) is 2. The zero-order chi connectivity index (χ0) is 25.3. The molecule has 1 aliphatic rings. The van der Waals surface area contributed by atoms with Crippen LogP contribution in [-0.4, -0.2) is 32.2 Å². The number of nitrogens with one attached hydrogen (secondary N) is 2. The van der Waals surface area contributed by atoms with Gasteiger partial charge in [0, 0.05) is 42.1 Å². The Bertz CT molecular complexity index is 1390. The summed E-state index contributed by atoms with van der Waals surface area (Å²) in [5, 5.41) is 8.87. The minimum Gasteiger partial charge on any atom is -0.358 e. The minimum atomic E-state index is -4.46. The Labute approximate surface area is 201 Å². The van der Waals surface area contributed by atoms with Crippen molar-refractivity contribution in [2.75, 3.05) is 10.6 Å². The highest BCUT2D eigenvalue weighted by molar-refractivity contribution is 5.91. The molecule has 0 bridgehead atoms. The van der Waals surface area contributed by atoms with Gasteiger partial charge in [-0.3, -0.25) is 9.78 Å². The number of anilines is 3. The Hall–Kier alpha value is -4.35. The molecule has 3 heterocycles. The zero-order valence-corrected chi connectivity index (χ0v) is 18.5. The molecule has 1 saturated carbocycles. The number of halogens is 4. The molecule has 4 aromatic rings. The third-order valence-electron chi connectivity index (χ3n) is 5.87. The monoisotopic (exact) mass is 498 g/mol. The van der Waals surface area contributed by atoms with Crippen LogP contribution in [-0.2, 0) is 16.6 Å². The summed E-state index contributed by atoms with van der Waals surface area (Å²) in [5.74, 6) is -1.41. The lowest BCUT2D eigenvalue weighted by atomic mass is 10.0. The molecule has 5 rings (SSSR count). The topological polar surface area (TPSA) is 106 Å². The van der Waals surface area contributed by atoms with Gasteiger partial charge in [-0.15, -0.1) is 0 Å². The molecule has 8 nitrogen and oxygen atoms in total. The van der Waals surface area contributed by atoms with Gasteiger partial charge in [0.1, 0.15) is 11.2 Å². The van der Waals surface area contributed by atoms with Gasteiger partial charge in [0.15, 0.2) is 11.6 Å². The molecule has 0 spiro atoms. The molecular formula is C24H18F4N6O2. The van der Waals surface area contributed by atoms with Gasteiger partial charge in [-0.2, -0.15) is 13.2 Å². The van der Waals surface area contributed by atoms with Crippen LogP contribution in [0.1, 0.15) is 24.2 Å². The number of alkyl halides is 3. The summed E-state index contributed by atoms with van der Waals surface area (Å²) < 4.78 is 59.2. The summed E-state index contributed by atoms with van der Waals surface area (Å²) in [4.78, 5) is 24.7. The summed E-state index contributed by atoms with van der Waals surface area (Å²) in [7, 11) is 0. The van der Waals surface area contributed by atoms with E-state index in [9.17, 15) is 22.4 Å². The maximum atomic E-state index is 14.7. The Morgan fingerprint density at radius 3 is 2.39 bits per heavy atom. The number of carbonyl (C=O) groups is 1. The fraction of sp³-hybridized carbons (Fsp3) is 0.208. The van der Waals surface area contributed by atoms with Crippen LogP contribution >= 0.6 is 0 Å². The van der Waals surface area contributed by atoms with Crippen molar-refractivity contribution in [3.05, 3.63) is 78.3 Å². The van der Waals surface area contributed by atoms with Crippen LogP contribution in [0, 0.1) is 5.82 Å². The van der Waals surface area contributed by atoms with Gasteiger partial charge in [-0.25, -0.2) is 14.4 Å². The van der Waals surface area contributed by atoms with E-state index in [1.807, 2.05) is 0 Å². The Kier molecular flexibility index (Phi) is 5.86. The first-order valence-electron chi connectivity index (χ1n) is 10.9. The van der Waals surface area contributed by atoms with E-state index in [4.69, 9.17) is 4.52 Å². The van der Waals surface area contributed by atoms with Crippen LogP contribution in [0.5, 0.6) is 0 Å². The smallest absolute Gasteiger partial charge is 0.358 e. The maximum absolute atomic E-state index is 14.7. The van der Waals surface area contributed by atoms with E-state index in [2.05, 4.69) is 30.7 Å². The molecule has 1 aromatic carbocycles. The molecule has 0 aliphatic heterocycles. The Morgan fingerprint density at radius 1 is 1.03 bits per heavy atom. The van der Waals surface area contributed by atoms with Gasteiger partial charge in [0.05, 0.1) is 6.42 Å². The summed E-state index contributed by atoms with van der Waals surface area (Å²) >= 11 is 0. The molecule has 1 fully saturated rings. The lowest BCUT2D eigenvalue weighted by Gasteiger charge is -2.14. The second-order valence-electron chi connectivity index (χ2n) is 8.34. The van der Waals surface area contributed by atoms with Gasteiger partial charge >= 0.3 is 6.18 Å². The van der Waals surface area contributed by atoms with E-state index in [1.54, 1.807) is 30.6 Å². The highest BCUT2D eigenvalue weighted by Gasteiger charge is 2.66. The van der Waals surface area contributed by atoms with Crippen molar-refractivity contribution < 1.29 is 26.9 Å². The van der Waals surface area contributed by atoms with Crippen molar-refractivity contribution in [3.63, 3.8) is 0 Å². The lowest BCUT2D eigenvalue weighted by Crippen LogP contribution is -2.28. The number of nitrogens with zero attached hydrogens (tertiary/aromatic N) is 4. The quantitative estimate of drug-likeness (QED) is 0.338. The zero-order valence-electron chi connectivity index (χ0n) is 18.5. The number of aromatic nitrogens is 4. The summed E-state index contributed by atoms with van der Waals surface area (Å²) in [6.45, 7) is 0. The molecule has 0 radical (unpaired) electrons. The van der Waals surface area contributed by atoms with Crippen molar-refractivity contribution in [2.45, 2.75) is 30.9 Å². The van der Waals surface area contributed by atoms with Gasteiger partial charge in [0.25, 0.3) is 0 Å². The Balaban J connectivity index is 1.22. The molecular weight excluding hydrogens is 480 g/mol. The van der Waals surface area contributed by atoms with Crippen molar-refractivity contribution in [1.29, 1.82) is 0 Å². The number of hydrogen-bond acceptors (Lipinski definition) is 7. The van der Waals surface area contributed by atoms with E-state index in [-0.39, 0.29) is 36.4 Å². The molecule has 3 aromatic heterocycles. The number of pyridine rings is 1. The number of amides is 1. The number of carbonyl (C=O) groups excluding carboxylic acids is 1. The van der Waals surface area contributed by atoms with Crippen LogP contribution in [0.3, 0.4) is 0 Å². The first-order valence-corrected chi connectivity index (χ1v) is 10.9. The predicted octanol–water partition coefficient (Wildman–Crippen LogP) is 5.18. The van der Waals surface area contributed by atoms with Crippen molar-refractivity contribution in [2.24, 2.45) is 0 Å². The van der Waals surface area contributed by atoms with E-state index < -0.39 is 23.3 Å². The highest BCUT2D eigenvalue weighted by atomic mass is 19.4. The van der Waals surface area contributed by atoms with Crippen molar-refractivity contribution in [1.82, 2.24) is 20.1 Å². The first kappa shape index (κ1) is 23.4. The van der Waals surface area contributed by atoms with E-state index in [0.29, 0.717) is 17.1 Å². The second kappa shape index (κ2) is 9.02. The summed E-state index contributed by atoms with van der Waals surface area (Å²) in [5.41, 5.74) is -0.0948. The molecule has 1 aliphatic carbocycles. The molecule has 0 saturated heterocycles. The molecule has 12 heteroatoms. The highest BCUT2D eigenvalue weighted by Crippen LogP contribution is 2.59. The van der Waals surface area contributed by atoms with Crippen LogP contribution < -0.4 is 10.6 Å². The number of benzene rings is 1. The summed E-state index contributed by atoms with van der Waals surface area (Å²) in [6, 6.07) is 8.90. The molecule has 0 atom stereocenters. The van der Waals surface area contributed by atoms with Crippen molar-refractivity contribution >= 4 is 23.4 Å². The fourth-order valence-electron chi connectivity index (χ4n) is 3.69. The summed E-state index contributed by atoms with van der Waals surface area (Å²) in [6.07, 6.45) is 1.34. The average Bonchev–Trinajstić information content (AvgIpc) is 3.55. The molecule has 36 heavy (non-hydrogen) atoms. The predicted molar refractivity (Wildman–Crippen MR) is 121 cm³/mol. The van der Waals surface area contributed by atoms with Crippen LogP contribution in [0.2, 0.25) is 0 Å². The maximum Gasteiger partial charge on any atom is 0.401 e. The van der Waals surface area contributed by atoms with Crippen LogP contribution in [0.25, 0.3) is 11.1 Å². The molecule has 2 N–H and O–H groups in total. The average molecular weight is 498 g/mol. The third-order valence-corrected chi connectivity index (χ3v) is 5.87. The minimum absolute atomic E-state index is 0.0916. The largest absolute Gasteiger partial charge is 0.401 e. The van der Waals surface area contributed by atoms with E-state index in [0.717, 1.165) is 11.8 Å². The van der Waals surface area contributed by atoms with Gasteiger partial charge < -0.3 is 15.2 Å². The van der Waals surface area contributed by atoms with Crippen LogP contribution in [0.4, 0.5) is 35.0 Å². The number of rotatable bonds is 7.